The van der Waals surface area contributed by atoms with Gasteiger partial charge in [-0.3, -0.25) is 0 Å². The molecule has 0 atom stereocenters. The Morgan fingerprint density at radius 2 is 1.85 bits per heavy atom. The number of phenolic OH excluding ortho intramolecular Hbond substituents is 1. The number of ether oxygens (including phenoxy) is 2. The molecule has 1 aliphatic rings. The lowest BCUT2D eigenvalue weighted by atomic mass is 10.2. The van der Waals surface area contributed by atoms with E-state index in [1.165, 1.54) is 32.0 Å². The number of carbonyl (C=O) groups excluding carboxylic acids is 2. The van der Waals surface area contributed by atoms with Gasteiger partial charge in [-0.05, 0) is 18.2 Å². The van der Waals surface area contributed by atoms with Gasteiger partial charge in [-0.15, -0.1) is 0 Å². The molecule has 0 spiro atoms. The van der Waals surface area contributed by atoms with E-state index in [1.807, 2.05) is 0 Å². The molecular formula is C13H12ClNO5. The van der Waals surface area contributed by atoms with Crippen molar-refractivity contribution in [1.82, 2.24) is 0 Å². The number of cyclic esters (lactones) is 2. The Hall–Kier alpha value is -2.21. The maximum absolute atomic E-state index is 11.7. The van der Waals surface area contributed by atoms with Crippen LogP contribution < -0.4 is 5.32 Å². The molecule has 7 heteroatoms. The molecule has 6 nitrogen and oxygen atoms in total. The number of phenols is 1. The third-order valence-corrected chi connectivity index (χ3v) is 2.68. The minimum atomic E-state index is -1.29. The van der Waals surface area contributed by atoms with Crippen LogP contribution in [0.15, 0.2) is 30.0 Å². The van der Waals surface area contributed by atoms with E-state index in [0.29, 0.717) is 5.02 Å². The summed E-state index contributed by atoms with van der Waals surface area (Å²) in [5.74, 6) is -2.98. The molecule has 1 heterocycles. The summed E-state index contributed by atoms with van der Waals surface area (Å²) in [5, 5.41) is 12.6. The number of benzene rings is 1. The number of carbonyl (C=O) groups is 2. The summed E-state index contributed by atoms with van der Waals surface area (Å²) in [6.45, 7) is 2.91. The standard InChI is InChI=1S/C13H12ClNO5/c1-13(2)19-11(17)8(12(18)20-13)6-15-9-5-7(14)3-4-10(9)16/h3-6,15-16H,1-2H3. The van der Waals surface area contributed by atoms with Gasteiger partial charge in [-0.25, -0.2) is 9.59 Å². The van der Waals surface area contributed by atoms with Crippen LogP contribution in [0.4, 0.5) is 5.69 Å². The maximum atomic E-state index is 11.7. The molecule has 0 radical (unpaired) electrons. The van der Waals surface area contributed by atoms with Crippen molar-refractivity contribution in [2.75, 3.05) is 5.32 Å². The average Bonchev–Trinajstić information content (AvgIpc) is 2.30. The third kappa shape index (κ3) is 3.03. The molecule has 0 amide bonds. The highest BCUT2D eigenvalue weighted by molar-refractivity contribution is 6.31. The zero-order valence-electron chi connectivity index (χ0n) is 10.8. The highest BCUT2D eigenvalue weighted by Crippen LogP contribution is 2.28. The fourth-order valence-corrected chi connectivity index (χ4v) is 1.72. The highest BCUT2D eigenvalue weighted by Gasteiger charge is 2.38. The SMILES string of the molecule is CC1(C)OC(=O)C(=CNc2cc(Cl)ccc2O)C(=O)O1. The van der Waals surface area contributed by atoms with Crippen molar-refractivity contribution in [3.8, 4) is 5.75 Å². The Balaban J connectivity index is 2.21. The molecule has 1 aromatic rings. The summed E-state index contributed by atoms with van der Waals surface area (Å²) in [7, 11) is 0. The number of hydrogen-bond acceptors (Lipinski definition) is 6. The Morgan fingerprint density at radius 1 is 1.25 bits per heavy atom. The van der Waals surface area contributed by atoms with E-state index in [1.54, 1.807) is 0 Å². The summed E-state index contributed by atoms with van der Waals surface area (Å²) >= 11 is 5.78. The topological polar surface area (TPSA) is 84.9 Å². The van der Waals surface area contributed by atoms with Crippen molar-refractivity contribution < 1.29 is 24.2 Å². The summed E-state index contributed by atoms with van der Waals surface area (Å²) in [5.41, 5.74) is -0.0564. The number of aromatic hydroxyl groups is 1. The predicted octanol–water partition coefficient (Wildman–Crippen LogP) is 2.18. The van der Waals surface area contributed by atoms with Gasteiger partial charge in [0.15, 0.2) is 5.57 Å². The second-order valence-electron chi connectivity index (χ2n) is 4.54. The fourth-order valence-electron chi connectivity index (χ4n) is 1.55. The Labute approximate surface area is 119 Å². The van der Waals surface area contributed by atoms with E-state index in [2.05, 4.69) is 5.32 Å². The zero-order chi connectivity index (χ0) is 14.9. The van der Waals surface area contributed by atoms with Gasteiger partial charge in [-0.2, -0.15) is 0 Å². The van der Waals surface area contributed by atoms with Gasteiger partial charge in [-0.1, -0.05) is 11.6 Å². The van der Waals surface area contributed by atoms with E-state index in [4.69, 9.17) is 21.1 Å². The molecule has 2 N–H and O–H groups in total. The lowest BCUT2D eigenvalue weighted by Crippen LogP contribution is -2.42. The largest absolute Gasteiger partial charge is 0.506 e. The molecular weight excluding hydrogens is 286 g/mol. The number of nitrogens with one attached hydrogen (secondary N) is 1. The van der Waals surface area contributed by atoms with Crippen LogP contribution in [0.5, 0.6) is 5.75 Å². The lowest BCUT2D eigenvalue weighted by Gasteiger charge is -2.29. The van der Waals surface area contributed by atoms with Gasteiger partial charge >= 0.3 is 11.9 Å². The van der Waals surface area contributed by atoms with Crippen LogP contribution >= 0.6 is 11.6 Å². The number of hydrogen-bond donors (Lipinski definition) is 2. The monoisotopic (exact) mass is 297 g/mol. The van der Waals surface area contributed by atoms with E-state index < -0.39 is 17.7 Å². The van der Waals surface area contributed by atoms with E-state index in [0.717, 1.165) is 6.20 Å². The molecule has 1 saturated heterocycles. The van der Waals surface area contributed by atoms with Crippen LogP contribution in [0, 0.1) is 0 Å². The van der Waals surface area contributed by atoms with Crippen LogP contribution in [0.3, 0.4) is 0 Å². The number of anilines is 1. The minimum Gasteiger partial charge on any atom is -0.506 e. The molecule has 0 bridgehead atoms. The van der Waals surface area contributed by atoms with E-state index in [-0.39, 0.29) is 17.0 Å². The molecule has 0 unspecified atom stereocenters. The van der Waals surface area contributed by atoms with Gasteiger partial charge in [0.25, 0.3) is 5.79 Å². The van der Waals surface area contributed by atoms with Crippen LogP contribution in [-0.2, 0) is 19.1 Å². The first-order valence-electron chi connectivity index (χ1n) is 5.70. The van der Waals surface area contributed by atoms with Crippen LogP contribution in [0.25, 0.3) is 0 Å². The highest BCUT2D eigenvalue weighted by atomic mass is 35.5. The maximum Gasteiger partial charge on any atom is 0.350 e. The molecule has 20 heavy (non-hydrogen) atoms. The average molecular weight is 298 g/mol. The smallest absolute Gasteiger partial charge is 0.350 e. The van der Waals surface area contributed by atoms with E-state index >= 15 is 0 Å². The Kier molecular flexibility index (Phi) is 3.59. The fraction of sp³-hybridized carbons (Fsp3) is 0.231. The summed E-state index contributed by atoms with van der Waals surface area (Å²) in [4.78, 5) is 23.3. The van der Waals surface area contributed by atoms with Gasteiger partial charge in [0.1, 0.15) is 5.75 Å². The summed E-state index contributed by atoms with van der Waals surface area (Å²) < 4.78 is 9.84. The van der Waals surface area contributed by atoms with Gasteiger partial charge in [0.2, 0.25) is 0 Å². The lowest BCUT2D eigenvalue weighted by molar-refractivity contribution is -0.222. The van der Waals surface area contributed by atoms with Gasteiger partial charge in [0, 0.05) is 25.1 Å². The predicted molar refractivity (Wildman–Crippen MR) is 71.1 cm³/mol. The number of halogens is 1. The quantitative estimate of drug-likeness (QED) is 0.377. The van der Waals surface area contributed by atoms with Crippen molar-refractivity contribution >= 4 is 29.2 Å². The Morgan fingerprint density at radius 3 is 2.45 bits per heavy atom. The normalized spacial score (nSPS) is 17.2. The van der Waals surface area contributed by atoms with Crippen LogP contribution in [0.2, 0.25) is 5.02 Å². The second-order valence-corrected chi connectivity index (χ2v) is 4.98. The molecule has 1 aromatic carbocycles. The van der Waals surface area contributed by atoms with Crippen LogP contribution in [-0.4, -0.2) is 22.8 Å². The molecule has 2 rings (SSSR count). The van der Waals surface area contributed by atoms with Gasteiger partial charge in [0.05, 0.1) is 5.69 Å². The minimum absolute atomic E-state index is 0.0795. The molecule has 1 aliphatic heterocycles. The van der Waals surface area contributed by atoms with Crippen LogP contribution in [0.1, 0.15) is 13.8 Å². The van der Waals surface area contributed by atoms with Crippen molar-refractivity contribution in [2.24, 2.45) is 0 Å². The van der Waals surface area contributed by atoms with E-state index in [9.17, 15) is 14.7 Å². The zero-order valence-corrected chi connectivity index (χ0v) is 11.5. The van der Waals surface area contributed by atoms with Crippen molar-refractivity contribution in [3.63, 3.8) is 0 Å². The second kappa shape index (κ2) is 5.05. The van der Waals surface area contributed by atoms with Crippen molar-refractivity contribution in [2.45, 2.75) is 19.6 Å². The molecule has 106 valence electrons. The molecule has 0 saturated carbocycles. The first-order chi connectivity index (χ1) is 9.28. The Bertz CT molecular complexity index is 587. The third-order valence-electron chi connectivity index (χ3n) is 2.45. The summed E-state index contributed by atoms with van der Waals surface area (Å²) in [6, 6.07) is 4.32. The molecule has 0 aliphatic carbocycles. The van der Waals surface area contributed by atoms with Crippen molar-refractivity contribution in [1.29, 1.82) is 0 Å². The molecule has 1 fully saturated rings. The van der Waals surface area contributed by atoms with Crippen molar-refractivity contribution in [3.05, 3.63) is 35.0 Å². The number of esters is 2. The first-order valence-corrected chi connectivity index (χ1v) is 6.08. The van der Waals surface area contributed by atoms with Gasteiger partial charge < -0.3 is 19.9 Å². The summed E-state index contributed by atoms with van der Waals surface area (Å²) in [6.07, 6.45) is 1.10. The first kappa shape index (κ1) is 14.2. The molecule has 0 aromatic heterocycles. The number of rotatable bonds is 2.